The molecule has 1 fully saturated rings. The topological polar surface area (TPSA) is 23.6 Å². The highest BCUT2D eigenvalue weighted by molar-refractivity contribution is 5.97. The Morgan fingerprint density at radius 2 is 2.00 bits per heavy atom. The van der Waals surface area contributed by atoms with Crippen LogP contribution in [0.15, 0.2) is 18.2 Å². The van der Waals surface area contributed by atoms with Crippen LogP contribution in [0, 0.1) is 5.92 Å². The average molecular weight is 312 g/mol. The van der Waals surface area contributed by atoms with Crippen LogP contribution >= 0.6 is 0 Å². The molecule has 2 aliphatic heterocycles. The number of piperidine rings is 1. The van der Waals surface area contributed by atoms with Crippen LogP contribution in [0.1, 0.15) is 60.0 Å². The van der Waals surface area contributed by atoms with Gasteiger partial charge in [0.25, 0.3) is 5.91 Å². The number of benzene rings is 1. The molecule has 2 heterocycles. The van der Waals surface area contributed by atoms with E-state index in [1.165, 1.54) is 49.9 Å². The van der Waals surface area contributed by atoms with Gasteiger partial charge in [0.1, 0.15) is 0 Å². The molecule has 0 spiro atoms. The molecule has 1 amide bonds. The summed E-state index contributed by atoms with van der Waals surface area (Å²) >= 11 is 0. The summed E-state index contributed by atoms with van der Waals surface area (Å²) in [4.78, 5) is 17.7. The van der Waals surface area contributed by atoms with E-state index in [2.05, 4.69) is 34.9 Å². The Morgan fingerprint density at radius 3 is 2.78 bits per heavy atom. The van der Waals surface area contributed by atoms with Crippen LogP contribution in [-0.4, -0.2) is 48.4 Å². The van der Waals surface area contributed by atoms with Gasteiger partial charge in [-0.05, 0) is 74.8 Å². The highest BCUT2D eigenvalue weighted by Gasteiger charge is 2.35. The minimum Gasteiger partial charge on any atom is -0.338 e. The fraction of sp³-hybridized carbons (Fsp3) is 0.650. The summed E-state index contributed by atoms with van der Waals surface area (Å²) in [6.07, 6.45) is 6.17. The highest BCUT2D eigenvalue weighted by atomic mass is 16.2. The lowest BCUT2D eigenvalue weighted by atomic mass is 9.77. The summed E-state index contributed by atoms with van der Waals surface area (Å²) in [7, 11) is 0. The molecule has 1 aliphatic carbocycles. The van der Waals surface area contributed by atoms with Crippen LogP contribution in [0.5, 0.6) is 0 Å². The van der Waals surface area contributed by atoms with E-state index in [-0.39, 0.29) is 5.91 Å². The summed E-state index contributed by atoms with van der Waals surface area (Å²) in [5, 5.41) is 0. The molecule has 23 heavy (non-hydrogen) atoms. The average Bonchev–Trinajstić information content (AvgIpc) is 2.60. The molecule has 1 saturated heterocycles. The maximum Gasteiger partial charge on any atom is 0.254 e. The van der Waals surface area contributed by atoms with Crippen molar-refractivity contribution in [2.24, 2.45) is 5.92 Å². The molecule has 0 radical (unpaired) electrons. The molecule has 0 bridgehead atoms. The third-order valence-corrected chi connectivity index (χ3v) is 6.19. The lowest BCUT2D eigenvalue weighted by Crippen LogP contribution is -2.45. The Hall–Kier alpha value is -1.35. The van der Waals surface area contributed by atoms with E-state index in [0.29, 0.717) is 11.8 Å². The van der Waals surface area contributed by atoms with E-state index in [0.717, 1.165) is 31.6 Å². The largest absolute Gasteiger partial charge is 0.338 e. The SMILES string of the molecule is CCN1CCC(CN2C[C@H]3CCCc4cccc(c43)C2=O)CC1. The van der Waals surface area contributed by atoms with Crippen LogP contribution in [0.3, 0.4) is 0 Å². The number of rotatable bonds is 3. The molecular weight excluding hydrogens is 284 g/mol. The summed E-state index contributed by atoms with van der Waals surface area (Å²) in [6.45, 7) is 7.73. The molecule has 4 rings (SSSR count). The van der Waals surface area contributed by atoms with Crippen LogP contribution in [0.4, 0.5) is 0 Å². The second-order valence-electron chi connectivity index (χ2n) is 7.56. The lowest BCUT2D eigenvalue weighted by molar-refractivity contribution is 0.0646. The number of hydrogen-bond acceptors (Lipinski definition) is 2. The van der Waals surface area contributed by atoms with Crippen LogP contribution in [-0.2, 0) is 6.42 Å². The van der Waals surface area contributed by atoms with Crippen molar-refractivity contribution >= 4 is 5.91 Å². The number of hydrogen-bond donors (Lipinski definition) is 0. The molecule has 0 aromatic heterocycles. The van der Waals surface area contributed by atoms with Gasteiger partial charge in [0.2, 0.25) is 0 Å². The fourth-order valence-corrected chi connectivity index (χ4v) is 4.84. The summed E-state index contributed by atoms with van der Waals surface area (Å²) in [5.41, 5.74) is 3.83. The smallest absolute Gasteiger partial charge is 0.254 e. The molecule has 3 nitrogen and oxygen atoms in total. The van der Waals surface area contributed by atoms with Crippen molar-refractivity contribution < 1.29 is 4.79 Å². The maximum absolute atomic E-state index is 13.0. The number of likely N-dealkylation sites (tertiary alicyclic amines) is 1. The molecule has 0 N–H and O–H groups in total. The van der Waals surface area contributed by atoms with E-state index in [1.807, 2.05) is 0 Å². The number of aryl methyl sites for hydroxylation is 1. The zero-order valence-corrected chi connectivity index (χ0v) is 14.3. The van der Waals surface area contributed by atoms with E-state index in [4.69, 9.17) is 0 Å². The zero-order chi connectivity index (χ0) is 15.8. The van der Waals surface area contributed by atoms with Gasteiger partial charge in [-0.25, -0.2) is 0 Å². The minimum atomic E-state index is 0.290. The van der Waals surface area contributed by atoms with Gasteiger partial charge in [0.05, 0.1) is 0 Å². The predicted molar refractivity (Wildman–Crippen MR) is 92.9 cm³/mol. The summed E-state index contributed by atoms with van der Waals surface area (Å²) < 4.78 is 0. The van der Waals surface area contributed by atoms with E-state index in [9.17, 15) is 4.79 Å². The van der Waals surface area contributed by atoms with Crippen molar-refractivity contribution in [2.45, 2.75) is 44.9 Å². The Labute approximate surface area is 139 Å². The van der Waals surface area contributed by atoms with Gasteiger partial charge in [0, 0.05) is 24.6 Å². The molecule has 1 atom stereocenters. The molecule has 0 saturated carbocycles. The Bertz CT molecular complexity index is 589. The monoisotopic (exact) mass is 312 g/mol. The van der Waals surface area contributed by atoms with Gasteiger partial charge in [-0.1, -0.05) is 19.1 Å². The third kappa shape index (κ3) is 2.80. The van der Waals surface area contributed by atoms with Gasteiger partial charge < -0.3 is 9.80 Å². The maximum atomic E-state index is 13.0. The normalized spacial score (nSPS) is 25.5. The van der Waals surface area contributed by atoms with Crippen molar-refractivity contribution in [1.29, 1.82) is 0 Å². The van der Waals surface area contributed by atoms with Crippen LogP contribution < -0.4 is 0 Å². The minimum absolute atomic E-state index is 0.290. The first-order chi connectivity index (χ1) is 11.3. The second kappa shape index (κ2) is 6.27. The molecule has 1 aromatic carbocycles. The predicted octanol–water partition coefficient (Wildman–Crippen LogP) is 3.29. The van der Waals surface area contributed by atoms with Crippen molar-refractivity contribution in [3.8, 4) is 0 Å². The summed E-state index contributed by atoms with van der Waals surface area (Å²) in [6, 6.07) is 6.37. The number of carbonyl (C=O) groups excluding carboxylic acids is 1. The van der Waals surface area contributed by atoms with Gasteiger partial charge in [-0.3, -0.25) is 4.79 Å². The highest BCUT2D eigenvalue weighted by Crippen LogP contribution is 2.39. The van der Waals surface area contributed by atoms with Crippen LogP contribution in [0.25, 0.3) is 0 Å². The van der Waals surface area contributed by atoms with Crippen molar-refractivity contribution in [3.05, 3.63) is 34.9 Å². The van der Waals surface area contributed by atoms with E-state index in [1.54, 1.807) is 0 Å². The zero-order valence-electron chi connectivity index (χ0n) is 14.3. The number of carbonyl (C=O) groups is 1. The molecule has 124 valence electrons. The van der Waals surface area contributed by atoms with Crippen molar-refractivity contribution in [3.63, 3.8) is 0 Å². The first kappa shape index (κ1) is 15.2. The van der Waals surface area contributed by atoms with Gasteiger partial charge in [0.15, 0.2) is 0 Å². The summed E-state index contributed by atoms with van der Waals surface area (Å²) in [5.74, 6) is 1.57. The van der Waals surface area contributed by atoms with Crippen LogP contribution in [0.2, 0.25) is 0 Å². The Morgan fingerprint density at radius 1 is 1.17 bits per heavy atom. The standard InChI is InChI=1S/C20H28N2O/c1-2-21-11-9-15(10-12-21)13-22-14-17-7-3-5-16-6-4-8-18(19(16)17)20(22)23/h4,6,8,15,17H,2-3,5,7,9-14H2,1H3/t17-/m1/s1. The van der Waals surface area contributed by atoms with E-state index >= 15 is 0 Å². The Kier molecular flexibility index (Phi) is 4.14. The second-order valence-corrected chi connectivity index (χ2v) is 7.56. The lowest BCUT2D eigenvalue weighted by Gasteiger charge is -2.40. The Balaban J connectivity index is 1.50. The fourth-order valence-electron chi connectivity index (χ4n) is 4.84. The van der Waals surface area contributed by atoms with E-state index < -0.39 is 0 Å². The van der Waals surface area contributed by atoms with Gasteiger partial charge >= 0.3 is 0 Å². The molecular formula is C20H28N2O. The first-order valence-electron chi connectivity index (χ1n) is 9.39. The number of amides is 1. The quantitative estimate of drug-likeness (QED) is 0.855. The first-order valence-corrected chi connectivity index (χ1v) is 9.39. The molecule has 1 aromatic rings. The number of nitrogens with zero attached hydrogens (tertiary/aromatic N) is 2. The van der Waals surface area contributed by atoms with Crippen molar-refractivity contribution in [2.75, 3.05) is 32.7 Å². The van der Waals surface area contributed by atoms with Gasteiger partial charge in [-0.2, -0.15) is 0 Å². The van der Waals surface area contributed by atoms with Gasteiger partial charge in [-0.15, -0.1) is 0 Å². The van der Waals surface area contributed by atoms with Crippen molar-refractivity contribution in [1.82, 2.24) is 9.80 Å². The molecule has 3 heteroatoms. The molecule has 3 aliphatic rings. The third-order valence-electron chi connectivity index (χ3n) is 6.19. The molecule has 0 unspecified atom stereocenters.